The molecule has 2 aromatic carbocycles. The Bertz CT molecular complexity index is 1170. The number of nitrogens with one attached hydrogen (secondary N) is 1. The van der Waals surface area contributed by atoms with Gasteiger partial charge in [-0.05, 0) is 61.8 Å². The van der Waals surface area contributed by atoms with Gasteiger partial charge in [0.1, 0.15) is 5.82 Å². The summed E-state index contributed by atoms with van der Waals surface area (Å²) in [7, 11) is 0. The first-order valence-electron chi connectivity index (χ1n) is 11.3. The van der Waals surface area contributed by atoms with Gasteiger partial charge in [-0.1, -0.05) is 36.0 Å². The molecule has 1 N–H and O–H groups in total. The Morgan fingerprint density at radius 1 is 0.970 bits per heavy atom. The highest BCUT2D eigenvalue weighted by Crippen LogP contribution is 2.32. The van der Waals surface area contributed by atoms with E-state index < -0.39 is 0 Å². The maximum atomic E-state index is 13.4. The van der Waals surface area contributed by atoms with Crippen LogP contribution in [0.15, 0.2) is 72.1 Å². The minimum Gasteiger partial charge on any atom is -0.353 e. The van der Waals surface area contributed by atoms with Crippen LogP contribution in [0.3, 0.4) is 0 Å². The molecule has 0 amide bonds. The Kier molecular flexibility index (Phi) is 6.83. The van der Waals surface area contributed by atoms with Crippen molar-refractivity contribution >= 4 is 28.7 Å². The van der Waals surface area contributed by atoms with Gasteiger partial charge in [0.05, 0.1) is 17.6 Å². The van der Waals surface area contributed by atoms with E-state index in [9.17, 15) is 4.39 Å². The molecule has 8 heteroatoms. The fraction of sp³-hybridized carbons (Fsp3) is 0.320. The van der Waals surface area contributed by atoms with E-state index in [0.29, 0.717) is 17.7 Å². The average molecular weight is 463 g/mol. The molecule has 0 radical (unpaired) electrons. The lowest BCUT2D eigenvalue weighted by Gasteiger charge is -2.31. The molecule has 0 saturated carbocycles. The van der Waals surface area contributed by atoms with Gasteiger partial charge < -0.3 is 14.8 Å². The summed E-state index contributed by atoms with van der Waals surface area (Å²) in [6, 6.07) is 16.8. The third-order valence-electron chi connectivity index (χ3n) is 5.96. The van der Waals surface area contributed by atoms with Gasteiger partial charge in [0.2, 0.25) is 5.95 Å². The SMILES string of the molecule is Fc1ccc(Cn2c(SC3CCN(CCNc4ncccn4)CC3)nc3ccccc32)cc1. The standard InChI is InChI=1S/C25H27FN6S/c26-20-8-6-19(7-9-20)18-32-23-5-2-1-4-22(23)30-25(32)33-21-10-15-31(16-11-21)17-14-29-24-27-12-3-13-28-24/h1-9,12-13,21H,10-11,14-18H2,(H,27,28,29). The highest BCUT2D eigenvalue weighted by molar-refractivity contribution is 7.99. The molecule has 33 heavy (non-hydrogen) atoms. The van der Waals surface area contributed by atoms with Gasteiger partial charge in [-0.15, -0.1) is 0 Å². The fourth-order valence-electron chi connectivity index (χ4n) is 4.18. The normalized spacial score (nSPS) is 15.2. The predicted molar refractivity (Wildman–Crippen MR) is 131 cm³/mol. The smallest absolute Gasteiger partial charge is 0.222 e. The van der Waals surface area contributed by atoms with Gasteiger partial charge in [-0.2, -0.15) is 0 Å². The Labute approximate surface area is 197 Å². The molecule has 6 nitrogen and oxygen atoms in total. The maximum Gasteiger partial charge on any atom is 0.222 e. The third kappa shape index (κ3) is 5.51. The Morgan fingerprint density at radius 2 is 1.73 bits per heavy atom. The molecule has 3 heterocycles. The number of halogens is 1. The number of nitrogens with zero attached hydrogens (tertiary/aromatic N) is 5. The molecule has 1 fully saturated rings. The van der Waals surface area contributed by atoms with E-state index >= 15 is 0 Å². The molecular weight excluding hydrogens is 435 g/mol. The molecule has 1 aliphatic rings. The van der Waals surface area contributed by atoms with Gasteiger partial charge >= 0.3 is 0 Å². The van der Waals surface area contributed by atoms with E-state index in [2.05, 4.69) is 36.9 Å². The van der Waals surface area contributed by atoms with E-state index in [4.69, 9.17) is 4.98 Å². The number of para-hydroxylation sites is 2. The first kappa shape index (κ1) is 21.9. The summed E-state index contributed by atoms with van der Waals surface area (Å²) in [6.07, 6.45) is 5.77. The van der Waals surface area contributed by atoms with Crippen LogP contribution in [0.5, 0.6) is 0 Å². The second-order valence-corrected chi connectivity index (χ2v) is 9.52. The number of hydrogen-bond donors (Lipinski definition) is 1. The van der Waals surface area contributed by atoms with Crippen molar-refractivity contribution in [3.8, 4) is 0 Å². The minimum atomic E-state index is -0.206. The van der Waals surface area contributed by atoms with Crippen LogP contribution in [0.4, 0.5) is 10.3 Å². The lowest BCUT2D eigenvalue weighted by Crippen LogP contribution is -2.37. The molecule has 5 rings (SSSR count). The number of hydrogen-bond acceptors (Lipinski definition) is 6. The van der Waals surface area contributed by atoms with Crippen molar-refractivity contribution in [1.29, 1.82) is 0 Å². The number of aromatic nitrogens is 4. The molecule has 2 aromatic heterocycles. The molecule has 0 unspecified atom stereocenters. The Hall–Kier alpha value is -2.97. The van der Waals surface area contributed by atoms with E-state index in [1.807, 2.05) is 42.1 Å². The molecule has 1 aliphatic heterocycles. The average Bonchev–Trinajstić information content (AvgIpc) is 3.19. The van der Waals surface area contributed by atoms with Gasteiger partial charge in [0.25, 0.3) is 0 Å². The highest BCUT2D eigenvalue weighted by atomic mass is 32.2. The molecular formula is C25H27FN6S. The summed E-state index contributed by atoms with van der Waals surface area (Å²) < 4.78 is 15.6. The summed E-state index contributed by atoms with van der Waals surface area (Å²) in [5.41, 5.74) is 3.20. The van der Waals surface area contributed by atoms with Crippen molar-refractivity contribution in [2.75, 3.05) is 31.5 Å². The van der Waals surface area contributed by atoms with Gasteiger partial charge in [-0.3, -0.25) is 0 Å². The quantitative estimate of drug-likeness (QED) is 0.410. The van der Waals surface area contributed by atoms with Crippen molar-refractivity contribution in [3.05, 3.63) is 78.4 Å². The topological polar surface area (TPSA) is 58.9 Å². The number of benzene rings is 2. The van der Waals surface area contributed by atoms with E-state index in [1.54, 1.807) is 12.4 Å². The zero-order chi connectivity index (χ0) is 22.5. The lowest BCUT2D eigenvalue weighted by atomic mass is 10.1. The number of rotatable bonds is 8. The van der Waals surface area contributed by atoms with Crippen molar-refractivity contribution < 1.29 is 4.39 Å². The van der Waals surface area contributed by atoms with Crippen molar-refractivity contribution in [2.24, 2.45) is 0 Å². The number of likely N-dealkylation sites (tertiary alicyclic amines) is 1. The first-order valence-corrected chi connectivity index (χ1v) is 12.2. The van der Waals surface area contributed by atoms with Crippen LogP contribution >= 0.6 is 11.8 Å². The zero-order valence-corrected chi connectivity index (χ0v) is 19.2. The summed E-state index contributed by atoms with van der Waals surface area (Å²) >= 11 is 1.88. The van der Waals surface area contributed by atoms with E-state index in [-0.39, 0.29) is 5.82 Å². The van der Waals surface area contributed by atoms with Crippen LogP contribution in [-0.2, 0) is 6.54 Å². The molecule has 0 spiro atoms. The van der Waals surface area contributed by atoms with E-state index in [0.717, 1.165) is 60.8 Å². The largest absolute Gasteiger partial charge is 0.353 e. The summed E-state index contributed by atoms with van der Waals surface area (Å²) in [5, 5.41) is 4.87. The van der Waals surface area contributed by atoms with E-state index in [1.165, 1.54) is 12.1 Å². The fourth-order valence-corrected chi connectivity index (χ4v) is 5.37. The van der Waals surface area contributed by atoms with Crippen LogP contribution < -0.4 is 5.32 Å². The third-order valence-corrected chi connectivity index (χ3v) is 7.28. The first-order chi connectivity index (χ1) is 16.2. The Balaban J connectivity index is 1.20. The van der Waals surface area contributed by atoms with Crippen LogP contribution in [0.2, 0.25) is 0 Å². The number of fused-ring (bicyclic) bond motifs is 1. The van der Waals surface area contributed by atoms with Crippen molar-refractivity contribution in [2.45, 2.75) is 29.8 Å². The minimum absolute atomic E-state index is 0.206. The monoisotopic (exact) mass is 462 g/mol. The van der Waals surface area contributed by atoms with Crippen LogP contribution in [0, 0.1) is 5.82 Å². The summed E-state index contributed by atoms with van der Waals surface area (Å²) in [5.74, 6) is 0.477. The number of piperidine rings is 1. The number of thioether (sulfide) groups is 1. The second kappa shape index (κ2) is 10.3. The number of imidazole rings is 1. The molecule has 0 bridgehead atoms. The van der Waals surface area contributed by atoms with Crippen LogP contribution in [0.1, 0.15) is 18.4 Å². The van der Waals surface area contributed by atoms with Gasteiger partial charge in [0, 0.05) is 30.7 Å². The Morgan fingerprint density at radius 3 is 2.52 bits per heavy atom. The molecule has 170 valence electrons. The second-order valence-electron chi connectivity index (χ2n) is 8.25. The van der Waals surface area contributed by atoms with Crippen molar-refractivity contribution in [1.82, 2.24) is 24.4 Å². The van der Waals surface area contributed by atoms with Crippen molar-refractivity contribution in [3.63, 3.8) is 0 Å². The molecule has 1 saturated heterocycles. The maximum absolute atomic E-state index is 13.4. The zero-order valence-electron chi connectivity index (χ0n) is 18.4. The van der Waals surface area contributed by atoms with Crippen LogP contribution in [0.25, 0.3) is 11.0 Å². The summed E-state index contributed by atoms with van der Waals surface area (Å²) in [6.45, 7) is 4.67. The molecule has 0 aliphatic carbocycles. The lowest BCUT2D eigenvalue weighted by molar-refractivity contribution is 0.241. The molecule has 0 atom stereocenters. The van der Waals surface area contributed by atoms with Gasteiger partial charge in [0.15, 0.2) is 5.16 Å². The van der Waals surface area contributed by atoms with Gasteiger partial charge in [-0.25, -0.2) is 19.3 Å². The number of anilines is 1. The summed E-state index contributed by atoms with van der Waals surface area (Å²) in [4.78, 5) is 15.8. The van der Waals surface area contributed by atoms with Crippen LogP contribution in [-0.4, -0.2) is 55.8 Å². The highest BCUT2D eigenvalue weighted by Gasteiger charge is 2.22. The predicted octanol–water partition coefficient (Wildman–Crippen LogP) is 4.68. The molecule has 4 aromatic rings.